The van der Waals surface area contributed by atoms with E-state index in [1.54, 1.807) is 0 Å². The molecule has 0 aromatic carbocycles. The molecule has 0 amide bonds. The summed E-state index contributed by atoms with van der Waals surface area (Å²) < 4.78 is 7.73. The molecule has 5 rings (SSSR count). The van der Waals surface area contributed by atoms with Crippen LogP contribution in [0.5, 0.6) is 0 Å². The maximum Gasteiger partial charge on any atom is 0.170 e. The first kappa shape index (κ1) is 23.0. The molecule has 0 saturated carbocycles. The van der Waals surface area contributed by atoms with Crippen molar-refractivity contribution in [3.8, 4) is 5.82 Å². The summed E-state index contributed by atoms with van der Waals surface area (Å²) in [5.41, 5.74) is 4.62. The maximum absolute atomic E-state index is 5.88. The molecule has 2 fully saturated rings. The number of hydrogen-bond donors (Lipinski definition) is 1. The van der Waals surface area contributed by atoms with Crippen LogP contribution in [0.25, 0.3) is 5.82 Å². The van der Waals surface area contributed by atoms with E-state index < -0.39 is 0 Å². The van der Waals surface area contributed by atoms with Gasteiger partial charge >= 0.3 is 0 Å². The third-order valence-electron chi connectivity index (χ3n) is 6.84. The summed E-state index contributed by atoms with van der Waals surface area (Å²) in [4.78, 5) is 14.1. The Kier molecular flexibility index (Phi) is 6.89. The van der Waals surface area contributed by atoms with Gasteiger partial charge in [-0.25, -0.2) is 4.98 Å². The number of ether oxygens (including phenoxy) is 1. The number of pyridine rings is 2. The second kappa shape index (κ2) is 10.2. The Bertz CT molecular complexity index is 1110. The lowest BCUT2D eigenvalue weighted by molar-refractivity contribution is 0.0365. The lowest BCUT2D eigenvalue weighted by Gasteiger charge is -2.30. The summed E-state index contributed by atoms with van der Waals surface area (Å²) in [5, 5.41) is 4.39. The van der Waals surface area contributed by atoms with Crippen LogP contribution in [0.2, 0.25) is 0 Å². The summed E-state index contributed by atoms with van der Waals surface area (Å²) in [6.07, 6.45) is 4.75. The molecule has 3 aromatic rings. The normalized spacial score (nSPS) is 21.1. The first-order valence-corrected chi connectivity index (χ1v) is 12.4. The average molecular weight is 477 g/mol. The largest absolute Gasteiger partial charge is 0.379 e. The van der Waals surface area contributed by atoms with Crippen molar-refractivity contribution in [3.63, 3.8) is 0 Å². The van der Waals surface area contributed by atoms with E-state index in [1.165, 1.54) is 11.3 Å². The average Bonchev–Trinajstić information content (AvgIpc) is 3.35. The van der Waals surface area contributed by atoms with Crippen LogP contribution in [0, 0.1) is 13.8 Å². The summed E-state index contributed by atoms with van der Waals surface area (Å²) in [7, 11) is 0. The van der Waals surface area contributed by atoms with Gasteiger partial charge in [-0.2, -0.15) is 0 Å². The van der Waals surface area contributed by atoms with Gasteiger partial charge in [-0.15, -0.1) is 0 Å². The maximum atomic E-state index is 5.88. The summed E-state index contributed by atoms with van der Waals surface area (Å²) in [6, 6.07) is 14.5. The van der Waals surface area contributed by atoms with Crippen LogP contribution < -0.4 is 5.32 Å². The van der Waals surface area contributed by atoms with E-state index in [2.05, 4.69) is 61.7 Å². The molecule has 0 spiro atoms. The Morgan fingerprint density at radius 2 is 1.79 bits per heavy atom. The predicted octanol–water partition coefficient (Wildman–Crippen LogP) is 3.58. The second-order valence-electron chi connectivity index (χ2n) is 8.98. The van der Waals surface area contributed by atoms with Gasteiger partial charge in [-0.3, -0.25) is 9.88 Å². The van der Waals surface area contributed by atoms with Gasteiger partial charge in [0.1, 0.15) is 5.82 Å². The van der Waals surface area contributed by atoms with Crippen molar-refractivity contribution in [1.29, 1.82) is 0 Å². The highest BCUT2D eigenvalue weighted by atomic mass is 32.1. The Balaban J connectivity index is 1.46. The third-order valence-corrected chi connectivity index (χ3v) is 7.19. The molecule has 2 atom stereocenters. The van der Waals surface area contributed by atoms with Crippen molar-refractivity contribution in [3.05, 3.63) is 77.5 Å². The van der Waals surface area contributed by atoms with E-state index in [4.69, 9.17) is 17.0 Å². The predicted molar refractivity (Wildman–Crippen MR) is 137 cm³/mol. The van der Waals surface area contributed by atoms with E-state index in [1.807, 2.05) is 36.7 Å². The van der Waals surface area contributed by atoms with Crippen molar-refractivity contribution < 1.29 is 4.74 Å². The van der Waals surface area contributed by atoms with Crippen LogP contribution in [0.3, 0.4) is 0 Å². The summed E-state index contributed by atoms with van der Waals surface area (Å²) in [5.74, 6) is 0.936. The van der Waals surface area contributed by atoms with Gasteiger partial charge in [0.15, 0.2) is 5.11 Å². The highest BCUT2D eigenvalue weighted by molar-refractivity contribution is 7.80. The molecule has 2 aliphatic heterocycles. The molecule has 34 heavy (non-hydrogen) atoms. The first-order chi connectivity index (χ1) is 16.6. The van der Waals surface area contributed by atoms with Gasteiger partial charge in [0.2, 0.25) is 0 Å². The Morgan fingerprint density at radius 3 is 2.50 bits per heavy atom. The van der Waals surface area contributed by atoms with Gasteiger partial charge in [0.25, 0.3) is 0 Å². The number of morpholine rings is 1. The molecule has 0 bridgehead atoms. The van der Waals surface area contributed by atoms with Crippen molar-refractivity contribution in [1.82, 2.24) is 29.7 Å². The van der Waals surface area contributed by atoms with Gasteiger partial charge in [-0.05, 0) is 68.4 Å². The van der Waals surface area contributed by atoms with E-state index in [0.29, 0.717) is 0 Å². The van der Waals surface area contributed by atoms with Crippen LogP contribution >= 0.6 is 12.2 Å². The van der Waals surface area contributed by atoms with Crippen LogP contribution in [0.4, 0.5) is 0 Å². The Morgan fingerprint density at radius 1 is 1.03 bits per heavy atom. The highest BCUT2D eigenvalue weighted by Crippen LogP contribution is 2.41. The van der Waals surface area contributed by atoms with Crippen LogP contribution in [0.15, 0.2) is 54.9 Å². The summed E-state index contributed by atoms with van der Waals surface area (Å²) >= 11 is 5.88. The molecule has 2 saturated heterocycles. The zero-order valence-corrected chi connectivity index (χ0v) is 20.7. The molecular formula is C26H32N6OS. The smallest absolute Gasteiger partial charge is 0.170 e. The fourth-order valence-corrected chi connectivity index (χ4v) is 5.53. The molecule has 5 heterocycles. The van der Waals surface area contributed by atoms with E-state index in [0.717, 1.165) is 68.1 Å². The van der Waals surface area contributed by atoms with Gasteiger partial charge < -0.3 is 19.5 Å². The number of aryl methyl sites for hydroxylation is 1. The SMILES string of the molecule is Cc1cc([C@H]2[C@@H](c3ccccn3)NC(=S)N2CCCN2CCOCC2)c(C)n1-c1ccccn1. The first-order valence-electron chi connectivity index (χ1n) is 12.0. The Labute approximate surface area is 206 Å². The minimum absolute atomic E-state index is 0.00484. The molecule has 0 radical (unpaired) electrons. The standard InChI is InChI=1S/C26H32N6OS/c1-19-18-21(20(2)32(19)23-9-4-6-11-28-23)25-24(22-8-3-5-10-27-22)29-26(34)31(25)13-7-12-30-14-16-33-17-15-30/h3-6,8-11,18,24-25H,7,12-17H2,1-2H3,(H,29,34)/t24-,25+/m1/s1. The lowest BCUT2D eigenvalue weighted by atomic mass is 9.96. The van der Waals surface area contributed by atoms with Crippen molar-refractivity contribution in [2.24, 2.45) is 0 Å². The number of thiocarbonyl (C=S) groups is 1. The third kappa shape index (κ3) is 4.58. The van der Waals surface area contributed by atoms with Crippen molar-refractivity contribution in [2.45, 2.75) is 32.4 Å². The number of rotatable bonds is 7. The second-order valence-corrected chi connectivity index (χ2v) is 9.36. The van der Waals surface area contributed by atoms with Crippen LogP contribution in [-0.4, -0.2) is 68.8 Å². The van der Waals surface area contributed by atoms with Gasteiger partial charge in [-0.1, -0.05) is 12.1 Å². The molecule has 7 nitrogen and oxygen atoms in total. The van der Waals surface area contributed by atoms with Crippen LogP contribution in [-0.2, 0) is 4.74 Å². The molecule has 2 aliphatic rings. The minimum atomic E-state index is -0.00484. The molecule has 0 unspecified atom stereocenters. The van der Waals surface area contributed by atoms with Crippen molar-refractivity contribution >= 4 is 17.3 Å². The molecule has 178 valence electrons. The molecule has 1 N–H and O–H groups in total. The van der Waals surface area contributed by atoms with E-state index in [-0.39, 0.29) is 12.1 Å². The fourth-order valence-electron chi connectivity index (χ4n) is 5.20. The zero-order valence-electron chi connectivity index (χ0n) is 19.9. The molecule has 3 aromatic heterocycles. The van der Waals surface area contributed by atoms with Crippen molar-refractivity contribution in [2.75, 3.05) is 39.4 Å². The van der Waals surface area contributed by atoms with Crippen LogP contribution in [0.1, 0.15) is 41.1 Å². The Hall–Kier alpha value is -2.81. The quantitative estimate of drug-likeness (QED) is 0.523. The number of hydrogen-bond acceptors (Lipinski definition) is 5. The topological polar surface area (TPSA) is 58.5 Å². The molecule has 0 aliphatic carbocycles. The van der Waals surface area contributed by atoms with E-state index >= 15 is 0 Å². The zero-order chi connectivity index (χ0) is 23.5. The number of nitrogens with one attached hydrogen (secondary N) is 1. The monoisotopic (exact) mass is 476 g/mol. The molecular weight excluding hydrogens is 444 g/mol. The minimum Gasteiger partial charge on any atom is -0.379 e. The number of aromatic nitrogens is 3. The van der Waals surface area contributed by atoms with Gasteiger partial charge in [0.05, 0.1) is 31.0 Å². The van der Waals surface area contributed by atoms with Gasteiger partial charge in [0, 0.05) is 50.0 Å². The summed E-state index contributed by atoms with van der Waals surface area (Å²) in [6.45, 7) is 9.94. The fraction of sp³-hybridized carbons (Fsp3) is 0.423. The lowest BCUT2D eigenvalue weighted by Crippen LogP contribution is -2.39. The molecule has 8 heteroatoms. The number of nitrogens with zero attached hydrogens (tertiary/aromatic N) is 5. The van der Waals surface area contributed by atoms with E-state index in [9.17, 15) is 0 Å². The highest BCUT2D eigenvalue weighted by Gasteiger charge is 2.41.